The van der Waals surface area contributed by atoms with Crippen LogP contribution < -0.4 is 0 Å². The summed E-state index contributed by atoms with van der Waals surface area (Å²) in [6.45, 7) is 2.46. The van der Waals surface area contributed by atoms with Gasteiger partial charge in [0.2, 0.25) is 0 Å². The number of aliphatic hydroxyl groups is 2. The molecule has 0 aliphatic carbocycles. The summed E-state index contributed by atoms with van der Waals surface area (Å²) in [5.41, 5.74) is 1.05. The van der Waals surface area contributed by atoms with E-state index in [1.54, 1.807) is 14.0 Å². The van der Waals surface area contributed by atoms with Crippen molar-refractivity contribution < 1.29 is 38.7 Å². The molecule has 186 valence electrons. The van der Waals surface area contributed by atoms with Crippen molar-refractivity contribution in [1.82, 2.24) is 0 Å². The average Bonchev–Trinajstić information content (AvgIpc) is 3.31. The first kappa shape index (κ1) is 26.1. The molecule has 2 aliphatic heterocycles. The number of hydrogen-bond donors (Lipinski definition) is 2. The maximum absolute atomic E-state index is 12.0. The van der Waals surface area contributed by atoms with Gasteiger partial charge in [-0.15, -0.1) is 0 Å². The van der Waals surface area contributed by atoms with E-state index in [9.17, 15) is 15.0 Å². The lowest BCUT2D eigenvalue weighted by atomic mass is 9.93. The van der Waals surface area contributed by atoms with Crippen LogP contribution in [0, 0.1) is 0 Å². The summed E-state index contributed by atoms with van der Waals surface area (Å²) in [5, 5.41) is 21.1. The van der Waals surface area contributed by atoms with Crippen LogP contribution in [0.15, 0.2) is 30.3 Å². The highest BCUT2D eigenvalue weighted by Crippen LogP contribution is 2.30. The van der Waals surface area contributed by atoms with E-state index in [1.807, 2.05) is 30.3 Å². The maximum Gasteiger partial charge on any atom is 0.308 e. The van der Waals surface area contributed by atoms with Crippen molar-refractivity contribution >= 4 is 5.97 Å². The second-order valence-electron chi connectivity index (χ2n) is 8.76. The minimum Gasteiger partial charge on any atom is -0.466 e. The van der Waals surface area contributed by atoms with Gasteiger partial charge in [-0.05, 0) is 44.6 Å². The van der Waals surface area contributed by atoms with E-state index in [0.717, 1.165) is 18.4 Å². The Bertz CT molecular complexity index is 699. The van der Waals surface area contributed by atoms with Gasteiger partial charge in [0.25, 0.3) is 0 Å². The fourth-order valence-corrected chi connectivity index (χ4v) is 4.51. The first-order valence-electron chi connectivity index (χ1n) is 12.0. The molecule has 8 nitrogen and oxygen atoms in total. The van der Waals surface area contributed by atoms with Gasteiger partial charge in [0.15, 0.2) is 6.29 Å². The summed E-state index contributed by atoms with van der Waals surface area (Å²) in [6, 6.07) is 9.88. The molecular weight excluding hydrogens is 428 g/mol. The molecule has 33 heavy (non-hydrogen) atoms. The van der Waals surface area contributed by atoms with Crippen LogP contribution in [-0.2, 0) is 35.1 Å². The number of ether oxygens (including phenoxy) is 5. The van der Waals surface area contributed by atoms with Gasteiger partial charge in [-0.25, -0.2) is 0 Å². The Morgan fingerprint density at radius 1 is 1.09 bits per heavy atom. The van der Waals surface area contributed by atoms with Crippen molar-refractivity contribution in [2.24, 2.45) is 0 Å². The molecule has 1 aromatic carbocycles. The van der Waals surface area contributed by atoms with E-state index in [-0.39, 0.29) is 37.0 Å². The molecule has 2 N–H and O–H groups in total. The van der Waals surface area contributed by atoms with Gasteiger partial charge in [0, 0.05) is 13.5 Å². The summed E-state index contributed by atoms with van der Waals surface area (Å²) < 4.78 is 28.4. The van der Waals surface area contributed by atoms with Crippen molar-refractivity contribution in [3.05, 3.63) is 35.9 Å². The Labute approximate surface area is 196 Å². The first-order valence-corrected chi connectivity index (χ1v) is 12.0. The number of rotatable bonds is 12. The third kappa shape index (κ3) is 8.02. The van der Waals surface area contributed by atoms with Crippen molar-refractivity contribution in [1.29, 1.82) is 0 Å². The predicted molar refractivity (Wildman–Crippen MR) is 120 cm³/mol. The Morgan fingerprint density at radius 3 is 2.55 bits per heavy atom. The van der Waals surface area contributed by atoms with Gasteiger partial charge in [0.1, 0.15) is 0 Å². The monoisotopic (exact) mass is 466 g/mol. The highest BCUT2D eigenvalue weighted by Gasteiger charge is 2.37. The summed E-state index contributed by atoms with van der Waals surface area (Å²) in [4.78, 5) is 12.0. The molecule has 3 rings (SSSR count). The quantitative estimate of drug-likeness (QED) is 0.453. The molecular formula is C25H38O8. The summed E-state index contributed by atoms with van der Waals surface area (Å²) in [6.07, 6.45) is 0.642. The minimum atomic E-state index is -0.719. The third-order valence-corrected chi connectivity index (χ3v) is 6.37. The van der Waals surface area contributed by atoms with Crippen molar-refractivity contribution in [2.75, 3.05) is 13.7 Å². The lowest BCUT2D eigenvalue weighted by Crippen LogP contribution is -2.46. The number of aliphatic hydroxyl groups excluding tert-OH is 2. The Hall–Kier alpha value is -1.55. The number of carbonyl (C=O) groups excluding carboxylic acids is 1. The summed E-state index contributed by atoms with van der Waals surface area (Å²) in [7, 11) is 1.61. The number of benzene rings is 1. The molecule has 2 fully saturated rings. The van der Waals surface area contributed by atoms with Crippen LogP contribution in [0.25, 0.3) is 0 Å². The largest absolute Gasteiger partial charge is 0.466 e. The lowest BCUT2D eigenvalue weighted by Gasteiger charge is -2.38. The normalized spacial score (nSPS) is 29.5. The lowest BCUT2D eigenvalue weighted by molar-refractivity contribution is -0.181. The maximum atomic E-state index is 12.0. The predicted octanol–water partition coefficient (Wildman–Crippen LogP) is 2.73. The van der Waals surface area contributed by atoms with Gasteiger partial charge in [-0.3, -0.25) is 4.79 Å². The topological polar surface area (TPSA) is 104 Å². The van der Waals surface area contributed by atoms with E-state index in [0.29, 0.717) is 38.9 Å². The first-order chi connectivity index (χ1) is 16.0. The van der Waals surface area contributed by atoms with E-state index in [1.165, 1.54) is 0 Å². The minimum absolute atomic E-state index is 0.00779. The molecule has 0 aromatic heterocycles. The highest BCUT2D eigenvalue weighted by molar-refractivity contribution is 5.70. The molecule has 0 bridgehead atoms. The van der Waals surface area contributed by atoms with Crippen LogP contribution in [0.1, 0.15) is 57.4 Å². The second kappa shape index (κ2) is 13.4. The molecule has 2 saturated heterocycles. The fourth-order valence-electron chi connectivity index (χ4n) is 4.51. The van der Waals surface area contributed by atoms with Crippen LogP contribution >= 0.6 is 0 Å². The number of carbonyl (C=O) groups is 1. The van der Waals surface area contributed by atoms with E-state index in [2.05, 4.69) is 0 Å². The number of hydrogen-bond acceptors (Lipinski definition) is 8. The summed E-state index contributed by atoms with van der Waals surface area (Å²) in [5.74, 6) is -0.384. The molecule has 1 aromatic rings. The van der Waals surface area contributed by atoms with Crippen LogP contribution in [-0.4, -0.2) is 72.8 Å². The molecule has 0 amide bonds. The Balaban J connectivity index is 1.61. The van der Waals surface area contributed by atoms with Crippen molar-refractivity contribution in [2.45, 2.75) is 101 Å². The zero-order valence-electron chi connectivity index (χ0n) is 19.6. The smallest absolute Gasteiger partial charge is 0.308 e. The third-order valence-electron chi connectivity index (χ3n) is 6.37. The molecule has 8 heteroatoms. The van der Waals surface area contributed by atoms with Gasteiger partial charge >= 0.3 is 5.97 Å². The SMILES string of the molecule is CCOC(=O)C[C@@H]1O[C@H]([C@H](CC[C@H](O)[C@@H]2CCC(OC)O2)OCc2ccccc2)CC[C@H]1O. The Morgan fingerprint density at radius 2 is 1.85 bits per heavy atom. The van der Waals surface area contributed by atoms with Gasteiger partial charge in [-0.2, -0.15) is 0 Å². The van der Waals surface area contributed by atoms with Crippen LogP contribution in [0.4, 0.5) is 0 Å². The molecule has 7 atom stereocenters. The standard InChI is InChI=1S/C25H38O8/c1-3-30-24(28)15-23-19(27)10-12-22(32-23)21(31-16-17-7-5-4-6-8-17)11-9-18(26)20-13-14-25(29-2)33-20/h4-8,18-23,25-27H,3,9-16H2,1-2H3/t18-,19+,20-,21-,22-,23-,25?/m0/s1. The highest BCUT2D eigenvalue weighted by atomic mass is 16.7. The number of esters is 1. The van der Waals surface area contributed by atoms with Crippen molar-refractivity contribution in [3.63, 3.8) is 0 Å². The average molecular weight is 467 g/mol. The molecule has 2 heterocycles. The van der Waals surface area contributed by atoms with Crippen LogP contribution in [0.3, 0.4) is 0 Å². The van der Waals surface area contributed by atoms with Crippen LogP contribution in [0.5, 0.6) is 0 Å². The number of methoxy groups -OCH3 is 1. The Kier molecular flexibility index (Phi) is 10.6. The van der Waals surface area contributed by atoms with E-state index in [4.69, 9.17) is 23.7 Å². The molecule has 0 spiro atoms. The zero-order valence-corrected chi connectivity index (χ0v) is 19.6. The fraction of sp³-hybridized carbons (Fsp3) is 0.720. The van der Waals surface area contributed by atoms with E-state index >= 15 is 0 Å². The summed E-state index contributed by atoms with van der Waals surface area (Å²) >= 11 is 0. The molecule has 0 saturated carbocycles. The van der Waals surface area contributed by atoms with Gasteiger partial charge in [0.05, 0.1) is 56.3 Å². The van der Waals surface area contributed by atoms with Crippen LogP contribution in [0.2, 0.25) is 0 Å². The van der Waals surface area contributed by atoms with Gasteiger partial charge in [-0.1, -0.05) is 30.3 Å². The van der Waals surface area contributed by atoms with E-state index < -0.39 is 18.3 Å². The van der Waals surface area contributed by atoms with Gasteiger partial charge < -0.3 is 33.9 Å². The zero-order chi connectivity index (χ0) is 23.6. The molecule has 1 unspecified atom stereocenters. The molecule has 0 radical (unpaired) electrons. The van der Waals surface area contributed by atoms with Crippen molar-refractivity contribution in [3.8, 4) is 0 Å². The second-order valence-corrected chi connectivity index (χ2v) is 8.76. The molecule has 2 aliphatic rings.